The molecule has 3 aliphatic heterocycles. The summed E-state index contributed by atoms with van der Waals surface area (Å²) >= 11 is 0. The van der Waals surface area contributed by atoms with Crippen LogP contribution in [0.15, 0.2) is 24.3 Å². The maximum Gasteiger partial charge on any atom is 0.281 e. The average Bonchev–Trinajstić information content (AvgIpc) is 2.93. The van der Waals surface area contributed by atoms with E-state index >= 15 is 0 Å². The number of hydrogen-bond acceptors (Lipinski definition) is 5. The first-order valence-electron chi connectivity index (χ1n) is 9.14. The number of rotatable bonds is 7. The maximum atomic E-state index is 12.5. The smallest absolute Gasteiger partial charge is 0.281 e. The summed E-state index contributed by atoms with van der Waals surface area (Å²) in [5.74, 6) is 1.14. The van der Waals surface area contributed by atoms with Gasteiger partial charge in [-0.05, 0) is 36.5 Å². The van der Waals surface area contributed by atoms with Crippen molar-refractivity contribution in [1.29, 1.82) is 0 Å². The van der Waals surface area contributed by atoms with Crippen LogP contribution in [0.4, 0.5) is 0 Å². The van der Waals surface area contributed by atoms with Gasteiger partial charge >= 0.3 is 0 Å². The van der Waals surface area contributed by atoms with E-state index in [2.05, 4.69) is 4.90 Å². The molecule has 0 saturated carbocycles. The summed E-state index contributed by atoms with van der Waals surface area (Å²) in [6.45, 7) is 3.23. The molecular formula is C18H29N3O4S. The number of hydrogen-bond donors (Lipinski definition) is 1. The van der Waals surface area contributed by atoms with Gasteiger partial charge in [0, 0.05) is 46.3 Å². The summed E-state index contributed by atoms with van der Waals surface area (Å²) in [5.41, 5.74) is 1.19. The minimum Gasteiger partial charge on any atom is -0.491 e. The van der Waals surface area contributed by atoms with Crippen LogP contribution < -0.4 is 4.74 Å². The number of benzene rings is 1. The number of aliphatic hydroxyl groups is 1. The molecule has 7 nitrogen and oxygen atoms in total. The van der Waals surface area contributed by atoms with Gasteiger partial charge in [-0.1, -0.05) is 12.1 Å². The molecule has 8 heteroatoms. The van der Waals surface area contributed by atoms with Crippen molar-refractivity contribution in [1.82, 2.24) is 13.5 Å². The molecule has 146 valence electrons. The van der Waals surface area contributed by atoms with Crippen molar-refractivity contribution < 1.29 is 18.3 Å². The average molecular weight is 384 g/mol. The van der Waals surface area contributed by atoms with Gasteiger partial charge in [-0.2, -0.15) is 17.0 Å². The zero-order chi connectivity index (χ0) is 18.7. The molecule has 0 aliphatic carbocycles. The van der Waals surface area contributed by atoms with Crippen molar-refractivity contribution in [2.24, 2.45) is 5.92 Å². The fourth-order valence-electron chi connectivity index (χ4n) is 3.84. The van der Waals surface area contributed by atoms with Gasteiger partial charge in [0.2, 0.25) is 0 Å². The van der Waals surface area contributed by atoms with Gasteiger partial charge in [-0.3, -0.25) is 4.90 Å². The highest BCUT2D eigenvalue weighted by atomic mass is 32.2. The number of ether oxygens (including phenoxy) is 1. The molecule has 3 aliphatic rings. The van der Waals surface area contributed by atoms with Crippen molar-refractivity contribution >= 4 is 10.2 Å². The first-order valence-corrected chi connectivity index (χ1v) is 10.5. The van der Waals surface area contributed by atoms with Gasteiger partial charge in [0.05, 0.1) is 6.61 Å². The van der Waals surface area contributed by atoms with E-state index in [1.54, 1.807) is 18.4 Å². The molecule has 0 spiro atoms. The summed E-state index contributed by atoms with van der Waals surface area (Å²) in [4.78, 5) is 2.42. The molecule has 2 bridgehead atoms. The van der Waals surface area contributed by atoms with Crippen LogP contribution in [0, 0.1) is 5.92 Å². The molecule has 1 aromatic carbocycles. The van der Waals surface area contributed by atoms with Crippen LogP contribution in [-0.2, 0) is 16.8 Å². The molecule has 3 fully saturated rings. The van der Waals surface area contributed by atoms with Crippen molar-refractivity contribution in [3.63, 3.8) is 0 Å². The van der Waals surface area contributed by atoms with Crippen LogP contribution in [-0.4, -0.2) is 80.0 Å². The maximum absolute atomic E-state index is 12.5. The SMILES string of the molecule is CN(C)S(=O)(=O)N1C[C@H]2CC[C@@H](C1)N(Cc1ccc(OCCO)cc1)C2. The van der Waals surface area contributed by atoms with Crippen LogP contribution in [0.25, 0.3) is 0 Å². The van der Waals surface area contributed by atoms with Gasteiger partial charge in [-0.15, -0.1) is 0 Å². The molecule has 3 saturated heterocycles. The third kappa shape index (κ3) is 4.37. The van der Waals surface area contributed by atoms with Crippen molar-refractivity contribution in [2.45, 2.75) is 25.4 Å². The summed E-state index contributed by atoms with van der Waals surface area (Å²) < 4.78 is 33.5. The summed E-state index contributed by atoms with van der Waals surface area (Å²) in [5, 5.41) is 8.82. The third-order valence-corrected chi connectivity index (χ3v) is 7.12. The highest BCUT2D eigenvalue weighted by Crippen LogP contribution is 2.31. The van der Waals surface area contributed by atoms with E-state index in [0.717, 1.165) is 31.7 Å². The normalized spacial score (nSPS) is 24.8. The summed E-state index contributed by atoms with van der Waals surface area (Å²) in [6.07, 6.45) is 2.14. The second-order valence-corrected chi connectivity index (χ2v) is 9.49. The molecule has 3 heterocycles. The van der Waals surface area contributed by atoms with E-state index in [4.69, 9.17) is 9.84 Å². The van der Waals surface area contributed by atoms with Crippen LogP contribution in [0.1, 0.15) is 18.4 Å². The van der Waals surface area contributed by atoms with Crippen molar-refractivity contribution in [3.05, 3.63) is 29.8 Å². The Hall–Kier alpha value is -1.19. The first kappa shape index (κ1) is 19.6. The van der Waals surface area contributed by atoms with Crippen molar-refractivity contribution in [2.75, 3.05) is 46.9 Å². The van der Waals surface area contributed by atoms with Gasteiger partial charge in [0.15, 0.2) is 0 Å². The predicted molar refractivity (Wildman–Crippen MR) is 100 cm³/mol. The van der Waals surface area contributed by atoms with Gasteiger partial charge < -0.3 is 9.84 Å². The molecule has 4 rings (SSSR count). The quantitative estimate of drug-likeness (QED) is 0.753. The van der Waals surface area contributed by atoms with E-state index < -0.39 is 10.2 Å². The lowest BCUT2D eigenvalue weighted by Crippen LogP contribution is -2.45. The molecular weight excluding hydrogens is 354 g/mol. The molecule has 1 aromatic rings. The monoisotopic (exact) mass is 383 g/mol. The topological polar surface area (TPSA) is 73.3 Å². The van der Waals surface area contributed by atoms with Gasteiger partial charge in [-0.25, -0.2) is 0 Å². The fraction of sp³-hybridized carbons (Fsp3) is 0.667. The summed E-state index contributed by atoms with van der Waals surface area (Å²) in [6, 6.07) is 8.18. The standard InChI is InChI=1S/C18H29N3O4S/c1-19(2)26(23,24)21-13-16-3-6-17(14-21)20(12-16)11-15-4-7-18(8-5-15)25-10-9-22/h4-5,7-8,16-17,22H,3,6,9-14H2,1-2H3/t16-,17-/m0/s1. The third-order valence-electron chi connectivity index (χ3n) is 5.25. The zero-order valence-corrected chi connectivity index (χ0v) is 16.4. The van der Waals surface area contributed by atoms with E-state index in [9.17, 15) is 8.42 Å². The van der Waals surface area contributed by atoms with E-state index in [-0.39, 0.29) is 12.6 Å². The van der Waals surface area contributed by atoms with E-state index in [0.29, 0.717) is 25.6 Å². The molecule has 2 atom stereocenters. The number of piperidine rings is 1. The van der Waals surface area contributed by atoms with Crippen LogP contribution in [0.2, 0.25) is 0 Å². The molecule has 1 N–H and O–H groups in total. The lowest BCUT2D eigenvalue weighted by molar-refractivity contribution is 0.125. The Morgan fingerprint density at radius 3 is 2.54 bits per heavy atom. The fourth-order valence-corrected chi connectivity index (χ4v) is 5.06. The molecule has 0 radical (unpaired) electrons. The zero-order valence-electron chi connectivity index (χ0n) is 15.5. The first-order chi connectivity index (χ1) is 12.4. The van der Waals surface area contributed by atoms with Crippen LogP contribution in [0.5, 0.6) is 5.75 Å². The Kier molecular flexibility index (Phi) is 6.19. The minimum absolute atomic E-state index is 0.00491. The highest BCUT2D eigenvalue weighted by molar-refractivity contribution is 7.86. The molecule has 0 aromatic heterocycles. The van der Waals surface area contributed by atoms with Crippen LogP contribution in [0.3, 0.4) is 0 Å². The molecule has 0 unspecified atom stereocenters. The molecule has 26 heavy (non-hydrogen) atoms. The second-order valence-electron chi connectivity index (χ2n) is 7.35. The Bertz CT molecular complexity index is 693. The van der Waals surface area contributed by atoms with Gasteiger partial charge in [0.25, 0.3) is 10.2 Å². The Balaban J connectivity index is 1.67. The highest BCUT2D eigenvalue weighted by Gasteiger charge is 2.39. The van der Waals surface area contributed by atoms with Crippen molar-refractivity contribution in [3.8, 4) is 5.75 Å². The predicted octanol–water partition coefficient (Wildman–Crippen LogP) is 0.760. The number of nitrogens with zero attached hydrogens (tertiary/aromatic N) is 3. The Morgan fingerprint density at radius 1 is 1.15 bits per heavy atom. The van der Waals surface area contributed by atoms with Gasteiger partial charge in [0.1, 0.15) is 12.4 Å². The lowest BCUT2D eigenvalue weighted by Gasteiger charge is -2.36. The lowest BCUT2D eigenvalue weighted by atomic mass is 9.94. The number of fused-ring (bicyclic) bond motifs is 4. The van der Waals surface area contributed by atoms with E-state index in [1.165, 1.54) is 9.87 Å². The number of aliphatic hydroxyl groups excluding tert-OH is 1. The minimum atomic E-state index is -3.36. The molecule has 0 amide bonds. The Morgan fingerprint density at radius 2 is 1.88 bits per heavy atom. The largest absolute Gasteiger partial charge is 0.491 e. The Labute approximate surface area is 156 Å². The van der Waals surface area contributed by atoms with Crippen LogP contribution >= 0.6 is 0 Å². The van der Waals surface area contributed by atoms with E-state index in [1.807, 2.05) is 24.3 Å². The summed E-state index contributed by atoms with van der Waals surface area (Å²) in [7, 11) is -0.162. The second kappa shape index (κ2) is 8.22.